The van der Waals surface area contributed by atoms with E-state index in [1.165, 1.54) is 121 Å². The van der Waals surface area contributed by atoms with E-state index in [1.807, 2.05) is 135 Å². The minimum absolute atomic E-state index is 0. The van der Waals surface area contributed by atoms with Gasteiger partial charge in [0.25, 0.3) is 29.5 Å². The molecule has 0 spiro atoms. The molecule has 772 valence electrons. The summed E-state index contributed by atoms with van der Waals surface area (Å²) in [7, 11) is 0. The Bertz CT molecular complexity index is 4110. The number of carbonyl (C=O) groups excluding carboxylic acids is 5. The average Bonchev–Trinajstić information content (AvgIpc) is 1.64. The predicted molar refractivity (Wildman–Crippen MR) is 594 cm³/mol. The summed E-state index contributed by atoms with van der Waals surface area (Å²) in [5.74, 6) is 3.95. The Hall–Kier alpha value is -7.84. The molecule has 5 aromatic carbocycles. The largest absolute Gasteiger partial charge is 0.494 e. The number of amides is 5. The standard InChI is InChI=1S/5C21H28N2O2S.C4H10O.5ClH/c5*1-2-14-25-18-10-8-17(9-11-18)21(24)22-16-19(20-7-6-15-26-20)23-12-4-3-5-13-23;1-3-5-4-2;;;;;/h5*6-11,15,19H,2-5,12-14,16H2,1H3,(H,22,24);3-4H2,1-2H3;5*1H. The fraction of sp³-hybridized carbons (Fsp3) is 0.495. The lowest BCUT2D eigenvalue weighted by Crippen LogP contribution is -2.40. The molecule has 0 saturated carbocycles. The lowest BCUT2D eigenvalue weighted by Gasteiger charge is -2.34. The molecule has 5 saturated heterocycles. The van der Waals surface area contributed by atoms with Crippen molar-refractivity contribution in [2.24, 2.45) is 0 Å². The molecule has 5 aromatic heterocycles. The van der Waals surface area contributed by atoms with Crippen LogP contribution in [-0.2, 0) is 4.74 Å². The van der Waals surface area contributed by atoms with Crippen molar-refractivity contribution in [1.29, 1.82) is 0 Å². The number of nitrogens with zero attached hydrogens (tertiary/aromatic N) is 5. The number of hydrogen-bond acceptors (Lipinski definition) is 21. The second-order valence-corrected chi connectivity index (χ2v) is 39.2. The summed E-state index contributed by atoms with van der Waals surface area (Å²) in [4.78, 5) is 82.0. The molecular weight excluding hydrogens is 1960 g/mol. The molecule has 21 nitrogen and oxygen atoms in total. The van der Waals surface area contributed by atoms with E-state index < -0.39 is 0 Å². The molecule has 10 heterocycles. The van der Waals surface area contributed by atoms with Crippen LogP contribution in [0.3, 0.4) is 0 Å². The molecule has 140 heavy (non-hydrogen) atoms. The number of ether oxygens (including phenoxy) is 6. The maximum Gasteiger partial charge on any atom is 0.251 e. The summed E-state index contributed by atoms with van der Waals surface area (Å²) in [5.41, 5.74) is 3.39. The number of rotatable bonds is 42. The molecule has 5 unspecified atom stereocenters. The highest BCUT2D eigenvalue weighted by Crippen LogP contribution is 2.34. The van der Waals surface area contributed by atoms with Crippen LogP contribution in [-0.4, -0.2) is 198 Å². The Balaban J connectivity index is 0.000000302. The van der Waals surface area contributed by atoms with Crippen molar-refractivity contribution in [3.8, 4) is 28.7 Å². The van der Waals surface area contributed by atoms with Crippen molar-refractivity contribution in [1.82, 2.24) is 51.1 Å². The quantitative estimate of drug-likeness (QED) is 0.0240. The fourth-order valence-corrected chi connectivity index (χ4v) is 21.2. The topological polar surface area (TPSA) is 217 Å². The van der Waals surface area contributed by atoms with Gasteiger partial charge in [0.15, 0.2) is 0 Å². The molecule has 5 aliphatic heterocycles. The second-order valence-electron chi connectivity index (χ2n) is 34.3. The highest BCUT2D eigenvalue weighted by Gasteiger charge is 2.30. The van der Waals surface area contributed by atoms with Gasteiger partial charge in [-0.2, -0.15) is 0 Å². The Morgan fingerprint density at radius 3 is 0.521 bits per heavy atom. The highest BCUT2D eigenvalue weighted by molar-refractivity contribution is 7.11. The Morgan fingerprint density at radius 2 is 0.400 bits per heavy atom. The van der Waals surface area contributed by atoms with Gasteiger partial charge in [-0.1, -0.05) is 97.1 Å². The van der Waals surface area contributed by atoms with Crippen molar-refractivity contribution < 1.29 is 52.4 Å². The molecule has 0 aliphatic carbocycles. The van der Waals surface area contributed by atoms with E-state index in [-0.39, 0.29) is 122 Å². The third-order valence-electron chi connectivity index (χ3n) is 24.2. The summed E-state index contributed by atoms with van der Waals surface area (Å²) in [6.45, 7) is 33.9. The van der Waals surface area contributed by atoms with Gasteiger partial charge in [0.2, 0.25) is 0 Å². The number of likely N-dealkylation sites (tertiary alicyclic amines) is 5. The van der Waals surface area contributed by atoms with Crippen LogP contribution in [0.25, 0.3) is 0 Å². The minimum atomic E-state index is -0.0226. The van der Waals surface area contributed by atoms with Crippen LogP contribution < -0.4 is 50.3 Å². The number of thiophene rings is 5. The minimum Gasteiger partial charge on any atom is -0.494 e. The molecule has 15 rings (SSSR count). The summed E-state index contributed by atoms with van der Waals surface area (Å²) in [6.07, 6.45) is 23.9. The van der Waals surface area contributed by atoms with Crippen LogP contribution in [0, 0.1) is 0 Å². The zero-order valence-corrected chi connectivity index (χ0v) is 91.3. The van der Waals surface area contributed by atoms with Crippen molar-refractivity contribution in [2.75, 3.05) is 144 Å². The molecule has 5 amide bonds. The lowest BCUT2D eigenvalue weighted by molar-refractivity contribution is 0.0918. The lowest BCUT2D eigenvalue weighted by atomic mass is 10.1. The second kappa shape index (κ2) is 72.4. The third kappa shape index (κ3) is 43.2. The number of piperidine rings is 5. The molecule has 0 bridgehead atoms. The number of halogens is 5. The molecule has 5 atom stereocenters. The van der Waals surface area contributed by atoms with Crippen molar-refractivity contribution >= 4 is 148 Å². The molecular formula is C109H155Cl5N10O11S5. The molecule has 5 aliphatic rings. The molecule has 10 aromatic rings. The van der Waals surface area contributed by atoms with E-state index >= 15 is 0 Å². The normalized spacial score (nSPS) is 15.3. The van der Waals surface area contributed by atoms with Gasteiger partial charge in [0, 0.05) is 98.1 Å². The monoisotopic (exact) mass is 2110 g/mol. The number of benzene rings is 5. The van der Waals surface area contributed by atoms with Crippen molar-refractivity contribution in [3.05, 3.63) is 261 Å². The first-order valence-corrected chi connectivity index (χ1v) is 54.2. The van der Waals surface area contributed by atoms with Gasteiger partial charge in [-0.15, -0.1) is 119 Å². The van der Waals surface area contributed by atoms with Crippen LogP contribution in [0.15, 0.2) is 209 Å². The van der Waals surface area contributed by atoms with E-state index in [2.05, 4.69) is 173 Å². The Morgan fingerprint density at radius 1 is 0.243 bits per heavy atom. The highest BCUT2D eigenvalue weighted by atomic mass is 35.5. The van der Waals surface area contributed by atoms with Gasteiger partial charge >= 0.3 is 0 Å². The zero-order valence-electron chi connectivity index (χ0n) is 83.1. The van der Waals surface area contributed by atoms with Crippen LogP contribution in [0.1, 0.15) is 283 Å². The van der Waals surface area contributed by atoms with Crippen molar-refractivity contribution in [3.63, 3.8) is 0 Å². The van der Waals surface area contributed by atoms with Gasteiger partial charge in [-0.25, -0.2) is 0 Å². The van der Waals surface area contributed by atoms with E-state index in [1.54, 1.807) is 56.7 Å². The van der Waals surface area contributed by atoms with Crippen LogP contribution in [0.4, 0.5) is 0 Å². The first-order valence-electron chi connectivity index (χ1n) is 49.8. The van der Waals surface area contributed by atoms with Gasteiger partial charge < -0.3 is 55.0 Å². The van der Waals surface area contributed by atoms with E-state index in [0.29, 0.717) is 93.6 Å². The molecule has 5 fully saturated rings. The number of nitrogens with one attached hydrogen (secondary N) is 5. The Kier molecular flexibility index (Phi) is 63.4. The smallest absolute Gasteiger partial charge is 0.251 e. The summed E-state index contributed by atoms with van der Waals surface area (Å²) < 4.78 is 32.7. The Labute approximate surface area is 885 Å². The summed E-state index contributed by atoms with van der Waals surface area (Å²) in [5, 5.41) is 26.2. The molecule has 31 heteroatoms. The van der Waals surface area contributed by atoms with Gasteiger partial charge in [-0.3, -0.25) is 48.5 Å². The van der Waals surface area contributed by atoms with Crippen LogP contribution in [0.5, 0.6) is 28.7 Å². The molecule has 5 N–H and O–H groups in total. The number of hydrogen-bond donors (Lipinski definition) is 5. The summed E-state index contributed by atoms with van der Waals surface area (Å²) >= 11 is 8.86. The van der Waals surface area contributed by atoms with Crippen LogP contribution >= 0.6 is 119 Å². The fourth-order valence-electron chi connectivity index (χ4n) is 16.9. The predicted octanol–water partition coefficient (Wildman–Crippen LogP) is 25.6. The van der Waals surface area contributed by atoms with E-state index in [4.69, 9.17) is 28.4 Å². The van der Waals surface area contributed by atoms with Crippen molar-refractivity contribution in [2.45, 2.75) is 207 Å². The number of carbonyl (C=O) groups is 5. The average molecular weight is 2120 g/mol. The maximum atomic E-state index is 12.6. The first kappa shape index (κ1) is 123. The van der Waals surface area contributed by atoms with E-state index in [0.717, 1.165) is 140 Å². The van der Waals surface area contributed by atoms with Crippen LogP contribution in [0.2, 0.25) is 0 Å². The summed E-state index contributed by atoms with van der Waals surface area (Å²) in [6, 6.07) is 59.7. The van der Waals surface area contributed by atoms with E-state index in [9.17, 15) is 24.0 Å². The van der Waals surface area contributed by atoms with Gasteiger partial charge in [0.1, 0.15) is 28.7 Å². The first-order chi connectivity index (χ1) is 66.3. The SMILES string of the molecule is CCCOc1ccc(C(=O)NCC(c2cccs2)N2CCCCC2)cc1.CCCOc1ccc(C(=O)NCC(c2cccs2)N2CCCCC2)cc1.CCCOc1ccc(C(=O)NCC(c2cccs2)N2CCCCC2)cc1.CCCOc1ccc(C(=O)NCC(c2cccs2)N2CCCCC2)cc1.CCCOc1ccc(C(=O)NCC(c2cccs2)N2CCCCC2)cc1.CCOCC.Cl.Cl.Cl.Cl.Cl. The van der Waals surface area contributed by atoms with Gasteiger partial charge in [0.05, 0.1) is 63.2 Å². The zero-order chi connectivity index (χ0) is 95.1. The van der Waals surface area contributed by atoms with Gasteiger partial charge in [-0.05, 0) is 354 Å². The molecule has 0 radical (unpaired) electrons. The maximum absolute atomic E-state index is 12.6. The third-order valence-corrected chi connectivity index (χ3v) is 29.0.